The molecule has 6 heteroatoms. The van der Waals surface area contributed by atoms with E-state index in [0.717, 1.165) is 62.3 Å². The molecule has 1 aromatic carbocycles. The van der Waals surface area contributed by atoms with Crippen molar-refractivity contribution in [3.63, 3.8) is 0 Å². The molecule has 0 unspecified atom stereocenters. The zero-order valence-electron chi connectivity index (χ0n) is 15.8. The summed E-state index contributed by atoms with van der Waals surface area (Å²) in [5.74, 6) is 2.01. The van der Waals surface area contributed by atoms with Crippen molar-refractivity contribution in [3.05, 3.63) is 41.7 Å². The van der Waals surface area contributed by atoms with Crippen LogP contribution in [0.4, 0.5) is 5.13 Å². The molecule has 0 bridgehead atoms. The van der Waals surface area contributed by atoms with Crippen molar-refractivity contribution in [2.75, 3.05) is 31.1 Å². The SMILES string of the molecule is O=C(CCC1CCCC1)N1CCN(c2nc(Cc3ccccc3)ns2)CC1. The monoisotopic (exact) mass is 384 g/mol. The van der Waals surface area contributed by atoms with Crippen molar-refractivity contribution in [3.8, 4) is 0 Å². The maximum atomic E-state index is 12.5. The number of hydrogen-bond donors (Lipinski definition) is 0. The van der Waals surface area contributed by atoms with E-state index < -0.39 is 0 Å². The van der Waals surface area contributed by atoms with Crippen molar-refractivity contribution < 1.29 is 4.79 Å². The van der Waals surface area contributed by atoms with Gasteiger partial charge >= 0.3 is 0 Å². The third-order valence-electron chi connectivity index (χ3n) is 5.81. The predicted octanol–water partition coefficient (Wildman–Crippen LogP) is 3.75. The molecule has 2 aliphatic rings. The molecule has 2 fully saturated rings. The smallest absolute Gasteiger partial charge is 0.222 e. The van der Waals surface area contributed by atoms with Gasteiger partial charge in [-0.25, -0.2) is 4.98 Å². The zero-order chi connectivity index (χ0) is 18.5. The number of nitrogens with zero attached hydrogens (tertiary/aromatic N) is 4. The molecule has 0 N–H and O–H groups in total. The number of hydrogen-bond acceptors (Lipinski definition) is 5. The van der Waals surface area contributed by atoms with E-state index in [9.17, 15) is 4.79 Å². The summed E-state index contributed by atoms with van der Waals surface area (Å²) < 4.78 is 4.52. The second kappa shape index (κ2) is 8.83. The van der Waals surface area contributed by atoms with Gasteiger partial charge in [0, 0.05) is 50.6 Å². The fraction of sp³-hybridized carbons (Fsp3) is 0.571. The van der Waals surface area contributed by atoms with Crippen LogP contribution in [0.2, 0.25) is 0 Å². The molecule has 1 aliphatic heterocycles. The summed E-state index contributed by atoms with van der Waals surface area (Å²) in [6, 6.07) is 10.3. The van der Waals surface area contributed by atoms with Crippen LogP contribution in [0.15, 0.2) is 30.3 Å². The first-order valence-corrected chi connectivity index (χ1v) is 10.9. The van der Waals surface area contributed by atoms with E-state index in [1.807, 2.05) is 23.1 Å². The Hall–Kier alpha value is -1.95. The van der Waals surface area contributed by atoms with Crippen LogP contribution in [-0.4, -0.2) is 46.3 Å². The number of carbonyl (C=O) groups is 1. The summed E-state index contributed by atoms with van der Waals surface area (Å²) >= 11 is 1.47. The Kier molecular flexibility index (Phi) is 6.02. The van der Waals surface area contributed by atoms with E-state index in [1.165, 1.54) is 42.8 Å². The first-order chi connectivity index (χ1) is 13.3. The lowest BCUT2D eigenvalue weighted by atomic mass is 10.0. The van der Waals surface area contributed by atoms with Crippen LogP contribution in [0.3, 0.4) is 0 Å². The number of anilines is 1. The van der Waals surface area contributed by atoms with Gasteiger partial charge in [-0.1, -0.05) is 56.0 Å². The highest BCUT2D eigenvalue weighted by molar-refractivity contribution is 7.09. The minimum atomic E-state index is 0.337. The molecule has 0 atom stereocenters. The Balaban J connectivity index is 1.24. The van der Waals surface area contributed by atoms with Gasteiger partial charge in [0.1, 0.15) is 5.82 Å². The molecule has 0 spiro atoms. The topological polar surface area (TPSA) is 49.3 Å². The summed E-state index contributed by atoms with van der Waals surface area (Å²) in [5.41, 5.74) is 1.24. The maximum absolute atomic E-state index is 12.5. The molecule has 1 aliphatic carbocycles. The second-order valence-corrected chi connectivity index (χ2v) is 8.44. The Labute approximate surface area is 165 Å². The third kappa shape index (κ3) is 4.86. The highest BCUT2D eigenvalue weighted by atomic mass is 32.1. The van der Waals surface area contributed by atoms with Gasteiger partial charge in [-0.3, -0.25) is 4.79 Å². The van der Waals surface area contributed by atoms with Crippen molar-refractivity contribution in [1.29, 1.82) is 0 Å². The van der Waals surface area contributed by atoms with Gasteiger partial charge < -0.3 is 9.80 Å². The number of aromatic nitrogens is 2. The largest absolute Gasteiger partial charge is 0.343 e. The molecule has 1 amide bonds. The van der Waals surface area contributed by atoms with Gasteiger partial charge in [0.2, 0.25) is 11.0 Å². The first-order valence-electron chi connectivity index (χ1n) is 10.2. The lowest BCUT2D eigenvalue weighted by molar-refractivity contribution is -0.131. The molecule has 27 heavy (non-hydrogen) atoms. The van der Waals surface area contributed by atoms with Crippen LogP contribution in [0.5, 0.6) is 0 Å². The summed E-state index contributed by atoms with van der Waals surface area (Å²) in [5, 5.41) is 0.985. The van der Waals surface area contributed by atoms with Crippen LogP contribution >= 0.6 is 11.5 Å². The highest BCUT2D eigenvalue weighted by Gasteiger charge is 2.24. The van der Waals surface area contributed by atoms with Crippen molar-refractivity contribution in [2.24, 2.45) is 5.92 Å². The normalized spacial score (nSPS) is 18.2. The van der Waals surface area contributed by atoms with Gasteiger partial charge in [0.25, 0.3) is 0 Å². The summed E-state index contributed by atoms with van der Waals surface area (Å²) in [4.78, 5) is 21.5. The Morgan fingerprint density at radius 1 is 1.07 bits per heavy atom. The summed E-state index contributed by atoms with van der Waals surface area (Å²) in [7, 11) is 0. The van der Waals surface area contributed by atoms with Crippen LogP contribution in [0.1, 0.15) is 49.9 Å². The molecule has 2 heterocycles. The minimum absolute atomic E-state index is 0.337. The first kappa shape index (κ1) is 18.4. The molecule has 144 valence electrons. The van der Waals surface area contributed by atoms with Crippen LogP contribution in [-0.2, 0) is 11.2 Å². The molecule has 0 radical (unpaired) electrons. The summed E-state index contributed by atoms with van der Waals surface area (Å²) in [6.45, 7) is 3.32. The standard InChI is InChI=1S/C21H28N4OS/c26-20(11-10-17-6-4-5-7-17)24-12-14-25(15-13-24)21-22-19(23-27-21)16-18-8-2-1-3-9-18/h1-3,8-9,17H,4-7,10-16H2. The van der Waals surface area contributed by atoms with Gasteiger partial charge in [-0.2, -0.15) is 4.37 Å². The van der Waals surface area contributed by atoms with Gasteiger partial charge in [-0.05, 0) is 17.9 Å². The minimum Gasteiger partial charge on any atom is -0.343 e. The van der Waals surface area contributed by atoms with Crippen molar-refractivity contribution in [2.45, 2.75) is 44.9 Å². The van der Waals surface area contributed by atoms with E-state index in [2.05, 4.69) is 21.4 Å². The number of piperazine rings is 1. The van der Waals surface area contributed by atoms with E-state index >= 15 is 0 Å². The zero-order valence-corrected chi connectivity index (χ0v) is 16.7. The molecule has 1 saturated carbocycles. The van der Waals surface area contributed by atoms with E-state index in [-0.39, 0.29) is 0 Å². The van der Waals surface area contributed by atoms with Crippen molar-refractivity contribution >= 4 is 22.6 Å². The fourth-order valence-electron chi connectivity index (χ4n) is 4.16. The van der Waals surface area contributed by atoms with E-state index in [4.69, 9.17) is 4.98 Å². The molecule has 2 aromatic rings. The molecular formula is C21H28N4OS. The van der Waals surface area contributed by atoms with Crippen LogP contribution in [0, 0.1) is 5.92 Å². The molecular weight excluding hydrogens is 356 g/mol. The second-order valence-electron chi connectivity index (χ2n) is 7.71. The molecule has 1 aromatic heterocycles. The maximum Gasteiger partial charge on any atom is 0.222 e. The Morgan fingerprint density at radius 2 is 1.81 bits per heavy atom. The average Bonchev–Trinajstić information content (AvgIpc) is 3.39. The Morgan fingerprint density at radius 3 is 2.56 bits per heavy atom. The predicted molar refractivity (Wildman–Crippen MR) is 109 cm³/mol. The van der Waals surface area contributed by atoms with Gasteiger partial charge in [-0.15, -0.1) is 0 Å². The quantitative estimate of drug-likeness (QED) is 0.761. The number of benzene rings is 1. The van der Waals surface area contributed by atoms with Crippen LogP contribution < -0.4 is 4.90 Å². The average molecular weight is 385 g/mol. The van der Waals surface area contributed by atoms with Crippen LogP contribution in [0.25, 0.3) is 0 Å². The van der Waals surface area contributed by atoms with E-state index in [1.54, 1.807) is 0 Å². The van der Waals surface area contributed by atoms with Gasteiger partial charge in [0.15, 0.2) is 0 Å². The lowest BCUT2D eigenvalue weighted by Crippen LogP contribution is -2.48. The third-order valence-corrected chi connectivity index (χ3v) is 6.62. The lowest BCUT2D eigenvalue weighted by Gasteiger charge is -2.34. The molecule has 1 saturated heterocycles. The highest BCUT2D eigenvalue weighted by Crippen LogP contribution is 2.29. The summed E-state index contributed by atoms with van der Waals surface area (Å²) in [6.07, 6.45) is 7.93. The number of amides is 1. The van der Waals surface area contributed by atoms with Crippen molar-refractivity contribution in [1.82, 2.24) is 14.3 Å². The Bertz CT molecular complexity index is 734. The molecule has 4 rings (SSSR count). The van der Waals surface area contributed by atoms with Gasteiger partial charge in [0.05, 0.1) is 0 Å². The number of rotatable bonds is 6. The fourth-order valence-corrected chi connectivity index (χ4v) is 4.89. The van der Waals surface area contributed by atoms with E-state index in [0.29, 0.717) is 5.91 Å². The molecule has 5 nitrogen and oxygen atoms in total. The number of carbonyl (C=O) groups excluding carboxylic acids is 1.